The summed E-state index contributed by atoms with van der Waals surface area (Å²) < 4.78 is 1.56. The fourth-order valence-corrected chi connectivity index (χ4v) is 2.09. The number of hydrogen-bond acceptors (Lipinski definition) is 6. The van der Waals surface area contributed by atoms with Crippen LogP contribution >= 0.6 is 31.9 Å². The molecule has 2 aromatic rings. The van der Waals surface area contributed by atoms with E-state index < -0.39 is 4.92 Å². The maximum Gasteiger partial charge on any atom is 0.353 e. The predicted octanol–water partition coefficient (Wildman–Crippen LogP) is 3.24. The van der Waals surface area contributed by atoms with Crippen LogP contribution in [0.1, 0.15) is 0 Å². The number of anilines is 3. The zero-order chi connectivity index (χ0) is 14.0. The number of hydrogen-bond donors (Lipinski definition) is 2. The zero-order valence-electron chi connectivity index (χ0n) is 9.30. The molecule has 0 fully saturated rings. The van der Waals surface area contributed by atoms with Crippen LogP contribution in [0.4, 0.5) is 23.0 Å². The summed E-state index contributed by atoms with van der Waals surface area (Å²) in [6.45, 7) is 0. The monoisotopic (exact) mass is 387 g/mol. The van der Waals surface area contributed by atoms with Crippen molar-refractivity contribution in [3.05, 3.63) is 43.6 Å². The quantitative estimate of drug-likeness (QED) is 0.617. The third-order valence-electron chi connectivity index (χ3n) is 2.21. The molecule has 98 valence electrons. The fourth-order valence-electron chi connectivity index (χ4n) is 1.38. The second-order valence-corrected chi connectivity index (χ2v) is 5.23. The molecule has 0 aliphatic carbocycles. The van der Waals surface area contributed by atoms with Crippen molar-refractivity contribution in [2.45, 2.75) is 0 Å². The first-order chi connectivity index (χ1) is 8.99. The topological polar surface area (TPSA) is 107 Å². The summed E-state index contributed by atoms with van der Waals surface area (Å²) in [5.41, 5.74) is 5.76. The highest BCUT2D eigenvalue weighted by Crippen LogP contribution is 2.33. The molecule has 0 spiro atoms. The highest BCUT2D eigenvalue weighted by atomic mass is 79.9. The summed E-state index contributed by atoms with van der Waals surface area (Å²) in [5.74, 6) is -0.148. The summed E-state index contributed by atoms with van der Waals surface area (Å²) in [6, 6.07) is 5.38. The van der Waals surface area contributed by atoms with Crippen LogP contribution in [0.5, 0.6) is 0 Å². The van der Waals surface area contributed by atoms with Gasteiger partial charge in [-0.15, -0.1) is 0 Å². The molecular weight excluding hydrogens is 382 g/mol. The van der Waals surface area contributed by atoms with Crippen molar-refractivity contribution in [3.8, 4) is 0 Å². The van der Waals surface area contributed by atoms with Crippen LogP contribution < -0.4 is 11.1 Å². The first-order valence-corrected chi connectivity index (χ1v) is 6.54. The van der Waals surface area contributed by atoms with E-state index >= 15 is 0 Å². The van der Waals surface area contributed by atoms with Crippen molar-refractivity contribution in [1.82, 2.24) is 9.97 Å². The Bertz CT molecular complexity index is 650. The van der Waals surface area contributed by atoms with Crippen LogP contribution in [0.15, 0.2) is 33.5 Å². The van der Waals surface area contributed by atoms with E-state index in [0.29, 0.717) is 5.69 Å². The predicted molar refractivity (Wildman–Crippen MR) is 78.2 cm³/mol. The van der Waals surface area contributed by atoms with E-state index in [4.69, 9.17) is 5.73 Å². The highest BCUT2D eigenvalue weighted by molar-refractivity contribution is 9.11. The molecule has 0 aliphatic heterocycles. The van der Waals surface area contributed by atoms with Gasteiger partial charge < -0.3 is 11.1 Å². The van der Waals surface area contributed by atoms with Crippen LogP contribution in [0.25, 0.3) is 0 Å². The van der Waals surface area contributed by atoms with Crippen LogP contribution in [0, 0.1) is 10.1 Å². The minimum Gasteiger partial charge on any atom is -0.378 e. The van der Waals surface area contributed by atoms with Gasteiger partial charge in [0, 0.05) is 8.95 Å². The third-order valence-corrected chi connectivity index (χ3v) is 3.40. The number of halogens is 2. The van der Waals surface area contributed by atoms with Gasteiger partial charge in [-0.1, -0.05) is 15.9 Å². The minimum absolute atomic E-state index is 0.0382. The number of rotatable bonds is 3. The molecule has 0 amide bonds. The van der Waals surface area contributed by atoms with Crippen molar-refractivity contribution < 1.29 is 4.92 Å². The van der Waals surface area contributed by atoms with Gasteiger partial charge in [-0.3, -0.25) is 10.1 Å². The van der Waals surface area contributed by atoms with Gasteiger partial charge in [0.2, 0.25) is 11.6 Å². The summed E-state index contributed by atoms with van der Waals surface area (Å²) in [7, 11) is 0. The Balaban J connectivity index is 2.46. The van der Waals surface area contributed by atoms with Gasteiger partial charge in [-0.05, 0) is 34.1 Å². The first-order valence-electron chi connectivity index (χ1n) is 4.96. The number of nitrogens with zero attached hydrogens (tertiary/aromatic N) is 3. The Morgan fingerprint density at radius 2 is 2.05 bits per heavy atom. The average Bonchev–Trinajstić information content (AvgIpc) is 2.33. The Morgan fingerprint density at radius 3 is 2.74 bits per heavy atom. The smallest absolute Gasteiger partial charge is 0.353 e. The molecule has 1 aromatic carbocycles. The lowest BCUT2D eigenvalue weighted by atomic mass is 10.3. The second-order valence-electron chi connectivity index (χ2n) is 3.46. The maximum absolute atomic E-state index is 11.0. The van der Waals surface area contributed by atoms with Gasteiger partial charge in [0.15, 0.2) is 0 Å². The van der Waals surface area contributed by atoms with Gasteiger partial charge in [0.25, 0.3) is 0 Å². The summed E-state index contributed by atoms with van der Waals surface area (Å²) in [4.78, 5) is 17.8. The van der Waals surface area contributed by atoms with E-state index in [1.807, 2.05) is 6.07 Å². The summed E-state index contributed by atoms with van der Waals surface area (Å²) in [5, 5.41) is 13.8. The summed E-state index contributed by atoms with van der Waals surface area (Å²) >= 11 is 6.66. The van der Waals surface area contributed by atoms with E-state index in [9.17, 15) is 10.1 Å². The Hall–Kier alpha value is -1.74. The lowest BCUT2D eigenvalue weighted by Gasteiger charge is -2.09. The molecule has 0 saturated carbocycles. The Kier molecular flexibility index (Phi) is 3.96. The fraction of sp³-hybridized carbons (Fsp3) is 0. The first kappa shape index (κ1) is 13.7. The van der Waals surface area contributed by atoms with Gasteiger partial charge >= 0.3 is 5.69 Å². The lowest BCUT2D eigenvalue weighted by molar-refractivity contribution is -0.383. The van der Waals surface area contributed by atoms with Crippen LogP contribution in [-0.2, 0) is 0 Å². The van der Waals surface area contributed by atoms with E-state index in [1.54, 1.807) is 12.1 Å². The number of benzene rings is 1. The molecule has 0 atom stereocenters. The van der Waals surface area contributed by atoms with Crippen molar-refractivity contribution in [3.63, 3.8) is 0 Å². The molecule has 0 radical (unpaired) electrons. The van der Waals surface area contributed by atoms with Gasteiger partial charge in [0.05, 0.1) is 10.6 Å². The standard InChI is InChI=1S/C10H7Br2N5O2/c11-5-1-2-6(12)7(3-5)16-10-8(17(18)19)9(13)14-4-15-10/h1-4H,(H3,13,14,15,16). The Morgan fingerprint density at radius 1 is 1.32 bits per heavy atom. The number of nitrogens with two attached hydrogens (primary N) is 1. The molecule has 0 saturated heterocycles. The molecule has 0 aliphatic rings. The molecule has 19 heavy (non-hydrogen) atoms. The molecule has 0 bridgehead atoms. The Labute approximate surface area is 124 Å². The number of nitrogen functional groups attached to an aromatic ring is 1. The maximum atomic E-state index is 11.0. The van der Waals surface area contributed by atoms with Crippen molar-refractivity contribution in [2.24, 2.45) is 0 Å². The van der Waals surface area contributed by atoms with Gasteiger partial charge in [-0.25, -0.2) is 9.97 Å². The zero-order valence-corrected chi connectivity index (χ0v) is 12.5. The van der Waals surface area contributed by atoms with E-state index in [-0.39, 0.29) is 17.3 Å². The number of nitro groups is 1. The third kappa shape index (κ3) is 2.99. The van der Waals surface area contributed by atoms with E-state index in [1.165, 1.54) is 0 Å². The molecule has 9 heteroatoms. The lowest BCUT2D eigenvalue weighted by Crippen LogP contribution is -2.05. The molecule has 1 heterocycles. The second kappa shape index (κ2) is 5.49. The van der Waals surface area contributed by atoms with E-state index in [0.717, 1.165) is 15.3 Å². The van der Waals surface area contributed by atoms with E-state index in [2.05, 4.69) is 47.1 Å². The average molecular weight is 389 g/mol. The summed E-state index contributed by atoms with van der Waals surface area (Å²) in [6.07, 6.45) is 1.16. The molecular formula is C10H7Br2N5O2. The van der Waals surface area contributed by atoms with Crippen molar-refractivity contribution in [1.29, 1.82) is 0 Å². The van der Waals surface area contributed by atoms with Crippen molar-refractivity contribution >= 4 is 54.9 Å². The van der Waals surface area contributed by atoms with Crippen LogP contribution in [0.2, 0.25) is 0 Å². The normalized spacial score (nSPS) is 10.2. The molecule has 2 rings (SSSR count). The SMILES string of the molecule is Nc1ncnc(Nc2cc(Br)ccc2Br)c1[N+](=O)[O-]. The number of nitrogens with one attached hydrogen (secondary N) is 1. The molecule has 0 unspecified atom stereocenters. The molecule has 7 nitrogen and oxygen atoms in total. The number of aromatic nitrogens is 2. The highest BCUT2D eigenvalue weighted by Gasteiger charge is 2.21. The van der Waals surface area contributed by atoms with Gasteiger partial charge in [0.1, 0.15) is 6.33 Å². The largest absolute Gasteiger partial charge is 0.378 e. The molecule has 1 aromatic heterocycles. The van der Waals surface area contributed by atoms with Crippen LogP contribution in [0.3, 0.4) is 0 Å². The van der Waals surface area contributed by atoms with Crippen LogP contribution in [-0.4, -0.2) is 14.9 Å². The minimum atomic E-state index is -0.621. The van der Waals surface area contributed by atoms with Crippen molar-refractivity contribution in [2.75, 3.05) is 11.1 Å². The molecule has 3 N–H and O–H groups in total. The van der Waals surface area contributed by atoms with Gasteiger partial charge in [-0.2, -0.15) is 0 Å².